The minimum absolute atomic E-state index is 0.123. The molecule has 0 saturated heterocycles. The summed E-state index contributed by atoms with van der Waals surface area (Å²) in [5.41, 5.74) is 7.57. The van der Waals surface area contributed by atoms with E-state index in [1.54, 1.807) is 24.0 Å². The number of benzene rings is 2. The van der Waals surface area contributed by atoms with E-state index in [1.165, 1.54) is 5.56 Å². The van der Waals surface area contributed by atoms with Crippen molar-refractivity contribution in [3.05, 3.63) is 87.2 Å². The third-order valence-corrected chi connectivity index (χ3v) is 6.46. The molecule has 0 unspecified atom stereocenters. The molecular weight excluding hydrogens is 437 g/mol. The predicted octanol–water partition coefficient (Wildman–Crippen LogP) is 6.17. The Morgan fingerprint density at radius 2 is 1.90 bits per heavy atom. The molecule has 0 radical (unpaired) electrons. The van der Waals surface area contributed by atoms with Gasteiger partial charge in [0.2, 0.25) is 0 Å². The summed E-state index contributed by atoms with van der Waals surface area (Å²) in [6, 6.07) is 17.5. The van der Waals surface area contributed by atoms with Crippen LogP contribution in [0.4, 0.5) is 0 Å². The molecular formula is C23H23Cl2N3OS. The first kappa shape index (κ1) is 22.5. The maximum atomic E-state index is 12.3. The van der Waals surface area contributed by atoms with Gasteiger partial charge in [-0.3, -0.25) is 4.79 Å². The fraction of sp³-hybridized carbons (Fsp3) is 0.217. The second kappa shape index (κ2) is 10.2. The summed E-state index contributed by atoms with van der Waals surface area (Å²) in [4.78, 5) is 12.3. The SMILES string of the molecule is Cc1cc(/C=N\NC(=O)[C@@H](C)SCc2ccccc2)c(C)n1-c1ccc(Cl)cc1Cl. The van der Waals surface area contributed by atoms with Gasteiger partial charge in [-0.2, -0.15) is 5.10 Å². The average molecular weight is 460 g/mol. The Labute approximate surface area is 191 Å². The predicted molar refractivity (Wildman–Crippen MR) is 128 cm³/mol. The fourth-order valence-electron chi connectivity index (χ4n) is 3.08. The largest absolute Gasteiger partial charge is 0.316 e. The lowest BCUT2D eigenvalue weighted by molar-refractivity contribution is -0.120. The number of halogens is 2. The van der Waals surface area contributed by atoms with Crippen LogP contribution in [-0.4, -0.2) is 21.9 Å². The number of hydrazone groups is 1. The lowest BCUT2D eigenvalue weighted by atomic mass is 10.2. The van der Waals surface area contributed by atoms with Crippen molar-refractivity contribution in [3.8, 4) is 5.69 Å². The Balaban J connectivity index is 1.64. The third-order valence-electron chi connectivity index (χ3n) is 4.71. The van der Waals surface area contributed by atoms with Crippen molar-refractivity contribution in [2.45, 2.75) is 31.8 Å². The summed E-state index contributed by atoms with van der Waals surface area (Å²) in [6.45, 7) is 5.86. The molecule has 1 atom stereocenters. The van der Waals surface area contributed by atoms with Crippen molar-refractivity contribution in [1.29, 1.82) is 0 Å². The van der Waals surface area contributed by atoms with Crippen LogP contribution in [0.2, 0.25) is 10.0 Å². The van der Waals surface area contributed by atoms with Crippen LogP contribution in [0.5, 0.6) is 0 Å². The molecule has 0 aliphatic heterocycles. The van der Waals surface area contributed by atoms with Crippen molar-refractivity contribution in [1.82, 2.24) is 9.99 Å². The van der Waals surface area contributed by atoms with E-state index in [0.717, 1.165) is 28.4 Å². The lowest BCUT2D eigenvalue weighted by Gasteiger charge is -2.12. The van der Waals surface area contributed by atoms with Gasteiger partial charge in [-0.05, 0) is 50.6 Å². The highest BCUT2D eigenvalue weighted by atomic mass is 35.5. The number of thioether (sulfide) groups is 1. The number of aromatic nitrogens is 1. The molecule has 0 spiro atoms. The number of nitrogens with zero attached hydrogens (tertiary/aromatic N) is 2. The van der Waals surface area contributed by atoms with Crippen LogP contribution < -0.4 is 5.43 Å². The smallest absolute Gasteiger partial charge is 0.252 e. The average Bonchev–Trinajstić information content (AvgIpc) is 3.00. The van der Waals surface area contributed by atoms with Gasteiger partial charge in [-0.1, -0.05) is 53.5 Å². The molecule has 0 fully saturated rings. The van der Waals surface area contributed by atoms with Crippen LogP contribution in [0.25, 0.3) is 5.69 Å². The zero-order valence-electron chi connectivity index (χ0n) is 17.0. The Morgan fingerprint density at radius 1 is 1.17 bits per heavy atom. The maximum Gasteiger partial charge on any atom is 0.252 e. The highest BCUT2D eigenvalue weighted by Gasteiger charge is 2.14. The van der Waals surface area contributed by atoms with Crippen LogP contribution in [0.15, 0.2) is 59.7 Å². The summed E-state index contributed by atoms with van der Waals surface area (Å²) in [5, 5.41) is 5.12. The Kier molecular flexibility index (Phi) is 7.64. The molecule has 1 N–H and O–H groups in total. The lowest BCUT2D eigenvalue weighted by Crippen LogP contribution is -2.27. The van der Waals surface area contributed by atoms with Gasteiger partial charge in [0, 0.05) is 27.7 Å². The van der Waals surface area contributed by atoms with Gasteiger partial charge in [-0.25, -0.2) is 5.43 Å². The van der Waals surface area contributed by atoms with E-state index in [2.05, 4.69) is 22.7 Å². The van der Waals surface area contributed by atoms with E-state index in [-0.39, 0.29) is 11.2 Å². The number of carbonyl (C=O) groups excluding carboxylic acids is 1. The number of nitrogens with one attached hydrogen (secondary N) is 1. The normalized spacial score (nSPS) is 12.3. The molecule has 0 saturated carbocycles. The van der Waals surface area contributed by atoms with Gasteiger partial charge in [0.25, 0.3) is 5.91 Å². The molecule has 0 aliphatic rings. The maximum absolute atomic E-state index is 12.3. The van der Waals surface area contributed by atoms with Gasteiger partial charge in [0.05, 0.1) is 22.2 Å². The van der Waals surface area contributed by atoms with Crippen molar-refractivity contribution in [2.75, 3.05) is 0 Å². The number of aryl methyl sites for hydroxylation is 1. The van der Waals surface area contributed by atoms with E-state index >= 15 is 0 Å². The Bertz CT molecular complexity index is 1060. The first-order valence-corrected chi connectivity index (χ1v) is 11.3. The second-order valence-corrected chi connectivity index (χ2v) is 9.10. The van der Waals surface area contributed by atoms with Crippen LogP contribution in [-0.2, 0) is 10.5 Å². The monoisotopic (exact) mass is 459 g/mol. The van der Waals surface area contributed by atoms with Gasteiger partial charge < -0.3 is 4.57 Å². The van der Waals surface area contributed by atoms with Crippen molar-refractivity contribution in [3.63, 3.8) is 0 Å². The molecule has 0 bridgehead atoms. The standard InChI is InChI=1S/C23H23Cl2N3OS/c1-15-11-19(16(2)28(15)22-10-9-20(24)12-21(22)25)13-26-27-23(29)17(3)30-14-18-7-5-4-6-8-18/h4-13,17H,14H2,1-3H3,(H,27,29)/b26-13-/t17-/m1/s1. The zero-order chi connectivity index (χ0) is 21.7. The van der Waals surface area contributed by atoms with Crippen LogP contribution >= 0.6 is 35.0 Å². The Morgan fingerprint density at radius 3 is 2.60 bits per heavy atom. The van der Waals surface area contributed by atoms with Crippen molar-refractivity contribution < 1.29 is 4.79 Å². The molecule has 30 heavy (non-hydrogen) atoms. The molecule has 2 aromatic carbocycles. The third kappa shape index (κ3) is 5.48. The summed E-state index contributed by atoms with van der Waals surface area (Å²) in [7, 11) is 0. The Hall–Kier alpha value is -2.21. The summed E-state index contributed by atoms with van der Waals surface area (Å²) in [6.07, 6.45) is 1.66. The van der Waals surface area contributed by atoms with Crippen molar-refractivity contribution >= 4 is 47.1 Å². The van der Waals surface area contributed by atoms with Gasteiger partial charge in [0.1, 0.15) is 0 Å². The molecule has 1 aromatic heterocycles. The molecule has 0 aliphatic carbocycles. The summed E-state index contributed by atoms with van der Waals surface area (Å²) >= 11 is 14.0. The highest BCUT2D eigenvalue weighted by molar-refractivity contribution is 7.99. The number of hydrogen-bond donors (Lipinski definition) is 1. The zero-order valence-corrected chi connectivity index (χ0v) is 19.4. The van der Waals surface area contributed by atoms with Gasteiger partial charge in [0.15, 0.2) is 0 Å². The number of amides is 1. The molecule has 4 nitrogen and oxygen atoms in total. The molecule has 7 heteroatoms. The number of hydrogen-bond acceptors (Lipinski definition) is 3. The summed E-state index contributed by atoms with van der Waals surface area (Å²) in [5.74, 6) is 0.657. The number of rotatable bonds is 7. The number of carbonyl (C=O) groups is 1. The minimum Gasteiger partial charge on any atom is -0.316 e. The van der Waals surface area contributed by atoms with Crippen LogP contribution in [0.1, 0.15) is 29.4 Å². The van der Waals surface area contributed by atoms with E-state index in [1.807, 2.05) is 61.7 Å². The van der Waals surface area contributed by atoms with E-state index in [0.29, 0.717) is 10.0 Å². The highest BCUT2D eigenvalue weighted by Crippen LogP contribution is 2.28. The second-order valence-electron chi connectivity index (χ2n) is 6.93. The first-order valence-electron chi connectivity index (χ1n) is 9.49. The van der Waals surface area contributed by atoms with Crippen LogP contribution in [0, 0.1) is 13.8 Å². The van der Waals surface area contributed by atoms with E-state index in [9.17, 15) is 4.79 Å². The molecule has 1 amide bonds. The van der Waals surface area contributed by atoms with Gasteiger partial charge >= 0.3 is 0 Å². The van der Waals surface area contributed by atoms with Gasteiger partial charge in [-0.15, -0.1) is 11.8 Å². The topological polar surface area (TPSA) is 46.4 Å². The molecule has 156 valence electrons. The molecule has 3 aromatic rings. The quantitative estimate of drug-likeness (QED) is 0.338. The molecule has 1 heterocycles. The minimum atomic E-state index is -0.206. The van der Waals surface area contributed by atoms with E-state index in [4.69, 9.17) is 23.2 Å². The van der Waals surface area contributed by atoms with E-state index < -0.39 is 0 Å². The van der Waals surface area contributed by atoms with Crippen LogP contribution in [0.3, 0.4) is 0 Å². The van der Waals surface area contributed by atoms with Crippen molar-refractivity contribution in [2.24, 2.45) is 5.10 Å². The first-order chi connectivity index (χ1) is 14.4. The summed E-state index contributed by atoms with van der Waals surface area (Å²) < 4.78 is 2.04. The molecule has 3 rings (SSSR count). The fourth-order valence-corrected chi connectivity index (χ4v) is 4.41.